The number of aromatic amines is 1. The van der Waals surface area contributed by atoms with Crippen LogP contribution in [0.3, 0.4) is 0 Å². The maximum absolute atomic E-state index is 13.9. The summed E-state index contributed by atoms with van der Waals surface area (Å²) < 4.78 is 57.9. The van der Waals surface area contributed by atoms with Crippen molar-refractivity contribution < 1.29 is 26.2 Å². The molecule has 0 spiro atoms. The van der Waals surface area contributed by atoms with Crippen LogP contribution < -0.4 is 11.2 Å². The standard InChI is InChI=1S/C22H31FN2O7SSi/c1-14-7-9-15(10-8-14)33(28,29)30-13-18-17(32-34(5,6)22(2,3)4)11-19(31-18)25-12-16(23)20(26)24-21(25)27/h7-10,12,17-19H,11,13H2,1-6H3,(H,24,26,27)/t17-,18+,19+/m0/s1. The van der Waals surface area contributed by atoms with Crippen molar-refractivity contribution in [3.8, 4) is 0 Å². The number of H-pyrrole nitrogens is 1. The van der Waals surface area contributed by atoms with Crippen molar-refractivity contribution in [3.63, 3.8) is 0 Å². The minimum Gasteiger partial charge on any atom is -0.411 e. The van der Waals surface area contributed by atoms with E-state index in [2.05, 4.69) is 20.8 Å². The third-order valence-electron chi connectivity index (χ3n) is 6.36. The number of rotatable bonds is 7. The maximum atomic E-state index is 13.9. The zero-order valence-electron chi connectivity index (χ0n) is 20.1. The first-order valence-corrected chi connectivity index (χ1v) is 15.2. The average molecular weight is 515 g/mol. The Labute approximate surface area is 199 Å². The number of nitrogens with one attached hydrogen (secondary N) is 1. The molecule has 1 fully saturated rings. The van der Waals surface area contributed by atoms with Gasteiger partial charge in [-0.3, -0.25) is 18.5 Å². The predicted molar refractivity (Wildman–Crippen MR) is 126 cm³/mol. The molecule has 0 radical (unpaired) electrons. The van der Waals surface area contributed by atoms with Crippen LogP contribution >= 0.6 is 0 Å². The summed E-state index contributed by atoms with van der Waals surface area (Å²) in [5, 5.41) is -0.147. The third kappa shape index (κ3) is 5.74. The normalized spacial score (nSPS) is 21.7. The van der Waals surface area contributed by atoms with Gasteiger partial charge >= 0.3 is 5.69 Å². The molecular weight excluding hydrogens is 483 g/mol. The van der Waals surface area contributed by atoms with Gasteiger partial charge < -0.3 is 9.16 Å². The molecule has 0 amide bonds. The number of aromatic nitrogens is 2. The fourth-order valence-corrected chi connectivity index (χ4v) is 5.58. The summed E-state index contributed by atoms with van der Waals surface area (Å²) in [6.45, 7) is 11.7. The lowest BCUT2D eigenvalue weighted by atomic mass is 10.2. The highest BCUT2D eigenvalue weighted by Gasteiger charge is 2.45. The van der Waals surface area contributed by atoms with Crippen molar-refractivity contribution >= 4 is 18.4 Å². The summed E-state index contributed by atoms with van der Waals surface area (Å²) in [6, 6.07) is 6.24. The smallest absolute Gasteiger partial charge is 0.330 e. The Morgan fingerprint density at radius 2 is 1.82 bits per heavy atom. The van der Waals surface area contributed by atoms with Gasteiger partial charge in [-0.05, 0) is 37.2 Å². The molecule has 0 unspecified atom stereocenters. The van der Waals surface area contributed by atoms with Crippen LogP contribution in [0, 0.1) is 12.7 Å². The van der Waals surface area contributed by atoms with Crippen LogP contribution in [0.25, 0.3) is 0 Å². The van der Waals surface area contributed by atoms with Crippen LogP contribution in [0.5, 0.6) is 0 Å². The molecule has 1 N–H and O–H groups in total. The SMILES string of the molecule is Cc1ccc(S(=O)(=O)OC[C@H]2O[C@@H](n3cc(F)c(=O)[nH]c3=O)C[C@@H]2O[Si](C)(C)C(C)(C)C)cc1. The third-order valence-corrected chi connectivity index (χ3v) is 12.2. The Balaban J connectivity index is 1.87. The molecule has 12 heteroatoms. The van der Waals surface area contributed by atoms with E-state index in [1.807, 2.05) is 25.0 Å². The molecule has 1 aromatic heterocycles. The molecule has 3 rings (SSSR count). The number of nitrogens with zero attached hydrogens (tertiary/aromatic N) is 1. The lowest BCUT2D eigenvalue weighted by Crippen LogP contribution is -2.46. The first kappa shape index (κ1) is 26.5. The number of benzene rings is 1. The first-order chi connectivity index (χ1) is 15.6. The summed E-state index contributed by atoms with van der Waals surface area (Å²) in [4.78, 5) is 25.6. The maximum Gasteiger partial charge on any atom is 0.330 e. The lowest BCUT2D eigenvalue weighted by Gasteiger charge is -2.39. The van der Waals surface area contributed by atoms with Gasteiger partial charge in [-0.2, -0.15) is 12.8 Å². The van der Waals surface area contributed by atoms with Gasteiger partial charge in [0.25, 0.3) is 15.7 Å². The van der Waals surface area contributed by atoms with Crippen LogP contribution in [0.2, 0.25) is 18.1 Å². The first-order valence-electron chi connectivity index (χ1n) is 10.9. The van der Waals surface area contributed by atoms with E-state index in [-0.39, 0.29) is 23.0 Å². The molecule has 2 aromatic rings. The summed E-state index contributed by atoms with van der Waals surface area (Å²) >= 11 is 0. The zero-order chi connectivity index (χ0) is 25.5. The molecule has 188 valence electrons. The Bertz CT molecular complexity index is 1250. The van der Waals surface area contributed by atoms with Crippen molar-refractivity contribution in [1.29, 1.82) is 0 Å². The van der Waals surface area contributed by atoms with Crippen LogP contribution in [0.1, 0.15) is 39.0 Å². The topological polar surface area (TPSA) is 117 Å². The van der Waals surface area contributed by atoms with Gasteiger partial charge in [-0.15, -0.1) is 0 Å². The molecular formula is C22H31FN2O7SSi. The molecule has 1 saturated heterocycles. The van der Waals surface area contributed by atoms with Gasteiger partial charge in [0, 0.05) is 6.42 Å². The molecule has 1 aliphatic heterocycles. The van der Waals surface area contributed by atoms with Crippen LogP contribution in [-0.2, 0) is 23.5 Å². The largest absolute Gasteiger partial charge is 0.411 e. The highest BCUT2D eigenvalue weighted by Crippen LogP contribution is 2.41. The van der Waals surface area contributed by atoms with Gasteiger partial charge in [0.05, 0.1) is 23.8 Å². The van der Waals surface area contributed by atoms with Crippen molar-refractivity contribution in [2.45, 2.75) is 75.6 Å². The second kappa shape index (κ2) is 9.50. The molecule has 0 bridgehead atoms. The second-order valence-electron chi connectivity index (χ2n) is 9.98. The van der Waals surface area contributed by atoms with Crippen LogP contribution in [0.4, 0.5) is 4.39 Å². The quantitative estimate of drug-likeness (QED) is 0.446. The minimum atomic E-state index is -4.06. The Hall–Kier alpha value is -2.12. The number of aryl methyl sites for hydroxylation is 1. The van der Waals surface area contributed by atoms with E-state index in [1.54, 1.807) is 12.1 Å². The summed E-state index contributed by atoms with van der Waals surface area (Å²) in [6.07, 6.45) is -1.50. The van der Waals surface area contributed by atoms with E-state index < -0.39 is 53.9 Å². The average Bonchev–Trinajstić information content (AvgIpc) is 3.10. The highest BCUT2D eigenvalue weighted by molar-refractivity contribution is 7.86. The molecule has 9 nitrogen and oxygen atoms in total. The van der Waals surface area contributed by atoms with Crippen molar-refractivity contribution in [1.82, 2.24) is 9.55 Å². The molecule has 0 aliphatic carbocycles. The van der Waals surface area contributed by atoms with Gasteiger partial charge in [0.15, 0.2) is 8.32 Å². The highest BCUT2D eigenvalue weighted by atomic mass is 32.2. The summed E-state index contributed by atoms with van der Waals surface area (Å²) in [5.74, 6) is -1.13. The summed E-state index contributed by atoms with van der Waals surface area (Å²) in [5.41, 5.74) is -1.06. The molecule has 34 heavy (non-hydrogen) atoms. The fraction of sp³-hybridized carbons (Fsp3) is 0.545. The van der Waals surface area contributed by atoms with Gasteiger partial charge in [-0.1, -0.05) is 38.5 Å². The molecule has 2 heterocycles. The number of ether oxygens (including phenoxy) is 1. The van der Waals surface area contributed by atoms with Gasteiger partial charge in [0.2, 0.25) is 5.82 Å². The summed E-state index contributed by atoms with van der Waals surface area (Å²) in [7, 11) is -6.39. The Kier molecular flexibility index (Phi) is 7.40. The Morgan fingerprint density at radius 1 is 1.21 bits per heavy atom. The van der Waals surface area contributed by atoms with Crippen molar-refractivity contribution in [2.75, 3.05) is 6.61 Å². The van der Waals surface area contributed by atoms with E-state index >= 15 is 0 Å². The second-order valence-corrected chi connectivity index (χ2v) is 16.3. The van der Waals surface area contributed by atoms with Gasteiger partial charge in [0.1, 0.15) is 12.3 Å². The van der Waals surface area contributed by atoms with E-state index in [0.29, 0.717) is 0 Å². The van der Waals surface area contributed by atoms with E-state index in [4.69, 9.17) is 13.3 Å². The minimum absolute atomic E-state index is 0.00781. The van der Waals surface area contributed by atoms with Crippen LogP contribution in [-0.4, -0.2) is 45.1 Å². The van der Waals surface area contributed by atoms with E-state index in [9.17, 15) is 22.4 Å². The van der Waals surface area contributed by atoms with E-state index in [0.717, 1.165) is 16.3 Å². The lowest BCUT2D eigenvalue weighted by molar-refractivity contribution is -0.0382. The van der Waals surface area contributed by atoms with E-state index in [1.165, 1.54) is 12.1 Å². The zero-order valence-corrected chi connectivity index (χ0v) is 21.9. The monoisotopic (exact) mass is 514 g/mol. The molecule has 1 aromatic carbocycles. The van der Waals surface area contributed by atoms with Gasteiger partial charge in [-0.25, -0.2) is 4.79 Å². The molecule has 1 aliphatic rings. The number of hydrogen-bond donors (Lipinski definition) is 1. The molecule has 3 atom stereocenters. The number of hydrogen-bond acceptors (Lipinski definition) is 7. The number of halogens is 1. The van der Waals surface area contributed by atoms with Crippen molar-refractivity contribution in [2.24, 2.45) is 0 Å². The van der Waals surface area contributed by atoms with Crippen LogP contribution in [0.15, 0.2) is 44.9 Å². The molecule has 0 saturated carbocycles. The van der Waals surface area contributed by atoms with Crippen molar-refractivity contribution in [3.05, 3.63) is 62.7 Å². The Morgan fingerprint density at radius 3 is 2.41 bits per heavy atom. The fourth-order valence-electron chi connectivity index (χ4n) is 3.30. The predicted octanol–water partition coefficient (Wildman–Crippen LogP) is 3.07.